The molecule has 2 aromatic rings. The van der Waals surface area contributed by atoms with Crippen molar-refractivity contribution in [3.05, 3.63) is 65.7 Å². The van der Waals surface area contributed by atoms with Gasteiger partial charge in [0.05, 0.1) is 12.2 Å². The summed E-state index contributed by atoms with van der Waals surface area (Å²) in [4.78, 5) is 39.1. The van der Waals surface area contributed by atoms with Crippen LogP contribution in [0.2, 0.25) is 0 Å². The Labute approximate surface area is 187 Å². The quantitative estimate of drug-likeness (QED) is 0.505. The molecule has 0 spiro atoms. The van der Waals surface area contributed by atoms with E-state index in [1.54, 1.807) is 48.5 Å². The summed E-state index contributed by atoms with van der Waals surface area (Å²) in [6.45, 7) is 1.39. The topological polar surface area (TPSA) is 82.1 Å². The SMILES string of the molecule is CC(=O)Oc1ccccc1C(=O)OC[C@H]1[C@@H](OC(=O)c2ccccc2)C[C@@H]2CC[C@H]1N2C. The zero-order chi connectivity index (χ0) is 22.7. The molecule has 168 valence electrons. The van der Waals surface area contributed by atoms with Crippen molar-refractivity contribution in [2.45, 2.75) is 44.4 Å². The number of ether oxygens (including phenoxy) is 3. The molecule has 4 rings (SSSR count). The summed E-state index contributed by atoms with van der Waals surface area (Å²) >= 11 is 0. The molecule has 2 fully saturated rings. The van der Waals surface area contributed by atoms with E-state index in [-0.39, 0.29) is 42.0 Å². The number of fused-ring (bicyclic) bond motifs is 2. The lowest BCUT2D eigenvalue weighted by Gasteiger charge is -2.42. The Hall–Kier alpha value is -3.19. The molecule has 2 heterocycles. The van der Waals surface area contributed by atoms with Gasteiger partial charge in [-0.2, -0.15) is 0 Å². The minimum Gasteiger partial charge on any atom is -0.461 e. The average molecular weight is 437 g/mol. The van der Waals surface area contributed by atoms with Crippen LogP contribution in [-0.2, 0) is 14.3 Å². The third kappa shape index (κ3) is 4.67. The first-order valence-corrected chi connectivity index (χ1v) is 10.9. The van der Waals surface area contributed by atoms with E-state index in [1.165, 1.54) is 6.92 Å². The molecule has 7 heteroatoms. The third-order valence-electron chi connectivity index (χ3n) is 6.41. The molecule has 32 heavy (non-hydrogen) atoms. The standard InChI is InChI=1S/C25H27NO6/c1-16(27)31-22-11-7-6-10-19(22)25(29)30-15-20-21-13-12-18(26(21)2)14-23(20)32-24(28)17-8-4-3-5-9-17/h3-11,18,20-21,23H,12-15H2,1-2H3/t18-,20+,21+,23-/m0/s1. The fourth-order valence-corrected chi connectivity index (χ4v) is 4.79. The van der Waals surface area contributed by atoms with Gasteiger partial charge in [-0.1, -0.05) is 30.3 Å². The lowest BCUT2D eigenvalue weighted by Crippen LogP contribution is -2.52. The van der Waals surface area contributed by atoms with Gasteiger partial charge < -0.3 is 14.2 Å². The zero-order valence-corrected chi connectivity index (χ0v) is 18.2. The van der Waals surface area contributed by atoms with Crippen molar-refractivity contribution in [2.24, 2.45) is 5.92 Å². The second-order valence-corrected chi connectivity index (χ2v) is 8.36. The molecular formula is C25H27NO6. The minimum atomic E-state index is -0.572. The van der Waals surface area contributed by atoms with Gasteiger partial charge in [0.15, 0.2) is 0 Å². The highest BCUT2D eigenvalue weighted by Gasteiger charge is 2.47. The number of esters is 3. The molecule has 7 nitrogen and oxygen atoms in total. The van der Waals surface area contributed by atoms with Gasteiger partial charge >= 0.3 is 17.9 Å². The first-order valence-electron chi connectivity index (χ1n) is 10.9. The number of carbonyl (C=O) groups is 3. The summed E-state index contributed by atoms with van der Waals surface area (Å²) in [5.41, 5.74) is 0.693. The van der Waals surface area contributed by atoms with Crippen molar-refractivity contribution in [1.29, 1.82) is 0 Å². The van der Waals surface area contributed by atoms with Gasteiger partial charge in [-0.05, 0) is 44.2 Å². The molecule has 2 aromatic carbocycles. The molecule has 0 aliphatic carbocycles. The van der Waals surface area contributed by atoms with Crippen LogP contribution in [0.15, 0.2) is 54.6 Å². The second kappa shape index (κ2) is 9.53. The summed E-state index contributed by atoms with van der Waals surface area (Å²) < 4.78 is 16.7. The van der Waals surface area contributed by atoms with E-state index in [2.05, 4.69) is 11.9 Å². The number of rotatable bonds is 6. The maximum Gasteiger partial charge on any atom is 0.341 e. The first kappa shape index (κ1) is 22.0. The van der Waals surface area contributed by atoms with Gasteiger partial charge in [0.25, 0.3) is 0 Å². The predicted molar refractivity (Wildman–Crippen MR) is 116 cm³/mol. The number of nitrogens with zero attached hydrogens (tertiary/aromatic N) is 1. The van der Waals surface area contributed by atoms with E-state index in [9.17, 15) is 14.4 Å². The van der Waals surface area contributed by atoms with Crippen molar-refractivity contribution in [3.8, 4) is 5.75 Å². The summed E-state index contributed by atoms with van der Waals surface area (Å²) in [5.74, 6) is -1.42. The van der Waals surface area contributed by atoms with Gasteiger partial charge in [-0.3, -0.25) is 9.69 Å². The highest BCUT2D eigenvalue weighted by atomic mass is 16.6. The van der Waals surface area contributed by atoms with Crippen molar-refractivity contribution in [3.63, 3.8) is 0 Å². The normalized spacial score (nSPS) is 24.6. The second-order valence-electron chi connectivity index (χ2n) is 8.36. The Morgan fingerprint density at radius 2 is 1.69 bits per heavy atom. The Balaban J connectivity index is 1.48. The van der Waals surface area contributed by atoms with Crippen molar-refractivity contribution >= 4 is 17.9 Å². The summed E-state index contributed by atoms with van der Waals surface area (Å²) in [6.07, 6.45) is 2.36. The van der Waals surface area contributed by atoms with Crippen molar-refractivity contribution < 1.29 is 28.6 Å². The van der Waals surface area contributed by atoms with Crippen LogP contribution in [0.25, 0.3) is 0 Å². The third-order valence-corrected chi connectivity index (χ3v) is 6.41. The minimum absolute atomic E-state index is 0.113. The van der Waals surface area contributed by atoms with Gasteiger partial charge in [0.1, 0.15) is 17.4 Å². The molecule has 0 unspecified atom stereocenters. The molecule has 0 amide bonds. The molecule has 2 saturated heterocycles. The largest absolute Gasteiger partial charge is 0.461 e. The van der Waals surface area contributed by atoms with Gasteiger partial charge in [0.2, 0.25) is 0 Å². The summed E-state index contributed by atoms with van der Waals surface area (Å²) in [6, 6.07) is 15.9. The lowest BCUT2D eigenvalue weighted by atomic mass is 9.88. The number of carbonyl (C=O) groups excluding carboxylic acids is 3. The lowest BCUT2D eigenvalue weighted by molar-refractivity contribution is -0.131. The maximum absolute atomic E-state index is 12.8. The van der Waals surface area contributed by atoms with Crippen LogP contribution < -0.4 is 4.74 Å². The van der Waals surface area contributed by atoms with Crippen molar-refractivity contribution in [1.82, 2.24) is 4.90 Å². The Morgan fingerprint density at radius 1 is 0.969 bits per heavy atom. The van der Waals surface area contributed by atoms with Crippen molar-refractivity contribution in [2.75, 3.05) is 13.7 Å². The molecule has 0 N–H and O–H groups in total. The van der Waals surface area contributed by atoms with E-state index < -0.39 is 11.9 Å². The Bertz CT molecular complexity index is 991. The van der Waals surface area contributed by atoms with Crippen LogP contribution in [0.3, 0.4) is 0 Å². The van der Waals surface area contributed by atoms with E-state index in [0.717, 1.165) is 12.8 Å². The number of para-hydroxylation sites is 1. The van der Waals surface area contributed by atoms with Crippen LogP contribution in [0.4, 0.5) is 0 Å². The van der Waals surface area contributed by atoms with Crippen LogP contribution in [0, 0.1) is 5.92 Å². The van der Waals surface area contributed by atoms with Gasteiger partial charge in [-0.25, -0.2) is 9.59 Å². The number of piperidine rings is 1. The van der Waals surface area contributed by atoms with E-state index in [4.69, 9.17) is 14.2 Å². The molecular weight excluding hydrogens is 410 g/mol. The predicted octanol–water partition coefficient (Wildman–Crippen LogP) is 3.48. The van der Waals surface area contributed by atoms with Crippen LogP contribution >= 0.6 is 0 Å². The smallest absolute Gasteiger partial charge is 0.341 e. The molecule has 2 aliphatic rings. The number of hydrogen-bond acceptors (Lipinski definition) is 7. The number of benzene rings is 2. The van der Waals surface area contributed by atoms with Crippen LogP contribution in [-0.4, -0.2) is 54.7 Å². The molecule has 0 radical (unpaired) electrons. The highest BCUT2D eigenvalue weighted by molar-refractivity contribution is 5.93. The van der Waals surface area contributed by atoms with Gasteiger partial charge in [-0.15, -0.1) is 0 Å². The van der Waals surface area contributed by atoms with E-state index in [1.807, 2.05) is 6.07 Å². The Morgan fingerprint density at radius 3 is 2.44 bits per heavy atom. The number of hydrogen-bond donors (Lipinski definition) is 0. The molecule has 2 bridgehead atoms. The molecule has 4 atom stereocenters. The monoisotopic (exact) mass is 437 g/mol. The Kier molecular flexibility index (Phi) is 6.55. The van der Waals surface area contributed by atoms with Crippen LogP contribution in [0.1, 0.15) is 46.9 Å². The highest BCUT2D eigenvalue weighted by Crippen LogP contribution is 2.40. The summed E-state index contributed by atoms with van der Waals surface area (Å²) in [5, 5.41) is 0. The van der Waals surface area contributed by atoms with E-state index in [0.29, 0.717) is 18.0 Å². The first-order chi connectivity index (χ1) is 15.4. The molecule has 0 aromatic heterocycles. The fraction of sp³-hybridized carbons (Fsp3) is 0.400. The van der Waals surface area contributed by atoms with Gasteiger partial charge in [0, 0.05) is 31.3 Å². The average Bonchev–Trinajstić information content (AvgIpc) is 3.03. The fourth-order valence-electron chi connectivity index (χ4n) is 4.79. The molecule has 0 saturated carbocycles. The summed E-state index contributed by atoms with van der Waals surface area (Å²) in [7, 11) is 2.07. The zero-order valence-electron chi connectivity index (χ0n) is 18.2. The molecule has 2 aliphatic heterocycles. The van der Waals surface area contributed by atoms with Crippen LogP contribution in [0.5, 0.6) is 5.75 Å². The van der Waals surface area contributed by atoms with E-state index >= 15 is 0 Å². The maximum atomic E-state index is 12.8.